The average Bonchev–Trinajstić information content (AvgIpc) is 2.60. The van der Waals surface area contributed by atoms with E-state index in [1.165, 1.54) is 11.3 Å². The van der Waals surface area contributed by atoms with Crippen LogP contribution in [0.1, 0.15) is 0 Å². The summed E-state index contributed by atoms with van der Waals surface area (Å²) in [5.74, 6) is 0.361. The van der Waals surface area contributed by atoms with E-state index in [1.54, 1.807) is 25.2 Å². The van der Waals surface area contributed by atoms with Gasteiger partial charge in [0.25, 0.3) is 6.20 Å². The summed E-state index contributed by atoms with van der Waals surface area (Å²) in [7, 11) is 3.30. The minimum absolute atomic E-state index is 0.361. The van der Waals surface area contributed by atoms with E-state index in [9.17, 15) is 10.1 Å². The van der Waals surface area contributed by atoms with Crippen molar-refractivity contribution in [3.05, 3.63) is 32.8 Å². The Hall–Kier alpha value is -1.34. The summed E-state index contributed by atoms with van der Waals surface area (Å²) in [5.41, 5.74) is 0. The molecule has 0 aromatic carbocycles. The molecule has 0 aliphatic rings. The van der Waals surface area contributed by atoms with Crippen molar-refractivity contribution in [3.63, 3.8) is 0 Å². The molecule has 6 nitrogen and oxygen atoms in total. The first-order chi connectivity index (χ1) is 7.04. The van der Waals surface area contributed by atoms with Crippen molar-refractivity contribution in [3.8, 4) is 0 Å². The number of hydrogen-bond donors (Lipinski definition) is 1. The summed E-state index contributed by atoms with van der Waals surface area (Å²) in [6.07, 6.45) is 2.44. The van der Waals surface area contributed by atoms with Crippen LogP contribution in [-0.2, 0) is 0 Å². The maximum atomic E-state index is 10.3. The topological polar surface area (TPSA) is 71.3 Å². The molecule has 1 heterocycles. The monoisotopic (exact) mass is 248 g/mol. The highest BCUT2D eigenvalue weighted by atomic mass is 35.5. The van der Waals surface area contributed by atoms with E-state index in [2.05, 4.69) is 10.3 Å². The minimum Gasteiger partial charge on any atom is -0.369 e. The molecule has 0 aliphatic heterocycles. The van der Waals surface area contributed by atoms with E-state index in [-0.39, 0.29) is 0 Å². The molecule has 0 saturated carbocycles. The lowest BCUT2D eigenvalue weighted by Gasteiger charge is -2.17. The number of nitro groups is 1. The Morgan fingerprint density at radius 3 is 2.93 bits per heavy atom. The van der Waals surface area contributed by atoms with Gasteiger partial charge in [0.15, 0.2) is 10.3 Å². The Morgan fingerprint density at radius 2 is 2.53 bits per heavy atom. The first-order valence-electron chi connectivity index (χ1n) is 3.92. The molecule has 0 bridgehead atoms. The van der Waals surface area contributed by atoms with Gasteiger partial charge in [0.1, 0.15) is 5.00 Å². The second kappa shape index (κ2) is 4.94. The molecule has 15 heavy (non-hydrogen) atoms. The van der Waals surface area contributed by atoms with Crippen molar-refractivity contribution < 1.29 is 4.92 Å². The van der Waals surface area contributed by atoms with E-state index in [1.807, 2.05) is 0 Å². The molecule has 0 fully saturated rings. The molecule has 0 atom stereocenters. The van der Waals surface area contributed by atoms with Crippen molar-refractivity contribution in [2.45, 2.75) is 0 Å². The van der Waals surface area contributed by atoms with Gasteiger partial charge in [-0.15, -0.1) is 0 Å². The van der Waals surface area contributed by atoms with Gasteiger partial charge in [0.2, 0.25) is 0 Å². The Morgan fingerprint density at radius 1 is 1.87 bits per heavy atom. The van der Waals surface area contributed by atoms with Crippen LogP contribution in [0.5, 0.6) is 0 Å². The first-order valence-corrected chi connectivity index (χ1v) is 5.12. The molecular weight excluding hydrogens is 240 g/mol. The maximum Gasteiger partial charge on any atom is 0.274 e. The third kappa shape index (κ3) is 3.07. The van der Waals surface area contributed by atoms with Gasteiger partial charge in [0, 0.05) is 14.1 Å². The second-order valence-corrected chi connectivity index (χ2v) is 4.15. The van der Waals surface area contributed by atoms with Crippen molar-refractivity contribution in [1.82, 2.24) is 10.3 Å². The van der Waals surface area contributed by atoms with Crippen LogP contribution in [0, 0.1) is 10.1 Å². The lowest BCUT2D eigenvalue weighted by molar-refractivity contribution is -0.403. The predicted octanol–water partition coefficient (Wildman–Crippen LogP) is 1.53. The molecule has 1 aromatic rings. The summed E-state index contributed by atoms with van der Waals surface area (Å²) in [6.45, 7) is 0. The first kappa shape index (κ1) is 11.7. The zero-order valence-electron chi connectivity index (χ0n) is 8.10. The molecule has 0 saturated heterocycles. The van der Waals surface area contributed by atoms with E-state index in [4.69, 9.17) is 11.6 Å². The minimum atomic E-state index is -0.523. The number of nitrogens with zero attached hydrogens (tertiary/aromatic N) is 3. The molecule has 1 N–H and O–H groups in total. The van der Waals surface area contributed by atoms with Crippen LogP contribution in [0.2, 0.25) is 4.47 Å². The van der Waals surface area contributed by atoms with Gasteiger partial charge in [-0.1, -0.05) is 22.9 Å². The molecule has 1 rings (SSSR count). The van der Waals surface area contributed by atoms with Crippen LogP contribution in [0.25, 0.3) is 0 Å². The smallest absolute Gasteiger partial charge is 0.274 e. The van der Waals surface area contributed by atoms with Crippen LogP contribution in [0.15, 0.2) is 18.2 Å². The standard InChI is InChI=1S/C7H9ClN4O2S/c1-9-5(4-12(13)14)11(2)6-3-10-7(8)15-6/h3-4,9H,1-2H3. The lowest BCUT2D eigenvalue weighted by Crippen LogP contribution is -2.26. The Balaban J connectivity index is 2.91. The number of thiazole rings is 1. The molecule has 0 aliphatic carbocycles. The predicted molar refractivity (Wildman–Crippen MR) is 59.7 cm³/mol. The molecule has 82 valence electrons. The summed E-state index contributed by atoms with van der Waals surface area (Å²) < 4.78 is 0.397. The van der Waals surface area contributed by atoms with Crippen LogP contribution in [0.4, 0.5) is 5.00 Å². The fourth-order valence-electron chi connectivity index (χ4n) is 0.937. The van der Waals surface area contributed by atoms with Gasteiger partial charge in [-0.05, 0) is 0 Å². The van der Waals surface area contributed by atoms with E-state index in [0.29, 0.717) is 10.3 Å². The molecule has 0 amide bonds. The van der Waals surface area contributed by atoms with Gasteiger partial charge in [-0.2, -0.15) is 0 Å². The highest BCUT2D eigenvalue weighted by Gasteiger charge is 2.12. The number of aromatic nitrogens is 1. The number of anilines is 1. The number of halogens is 1. The van der Waals surface area contributed by atoms with Crippen molar-refractivity contribution >= 4 is 27.9 Å². The third-order valence-corrected chi connectivity index (χ3v) is 2.83. The fourth-order valence-corrected chi connectivity index (χ4v) is 1.84. The molecule has 8 heteroatoms. The van der Waals surface area contributed by atoms with Crippen molar-refractivity contribution in [2.75, 3.05) is 19.0 Å². The van der Waals surface area contributed by atoms with Crippen molar-refractivity contribution in [1.29, 1.82) is 0 Å². The number of nitrogens with one attached hydrogen (secondary N) is 1. The van der Waals surface area contributed by atoms with Gasteiger partial charge in [-0.25, -0.2) is 4.98 Å². The normalized spacial score (nSPS) is 11.3. The molecule has 0 spiro atoms. The van der Waals surface area contributed by atoms with E-state index >= 15 is 0 Å². The molecule has 1 aromatic heterocycles. The number of rotatable bonds is 4. The van der Waals surface area contributed by atoms with E-state index in [0.717, 1.165) is 11.2 Å². The summed E-state index contributed by atoms with van der Waals surface area (Å²) in [5, 5.41) is 13.8. The highest BCUT2D eigenvalue weighted by molar-refractivity contribution is 7.19. The molecular formula is C7H9ClN4O2S. The summed E-state index contributed by atoms with van der Waals surface area (Å²) in [6, 6.07) is 0. The van der Waals surface area contributed by atoms with Crippen LogP contribution in [0.3, 0.4) is 0 Å². The molecule has 0 unspecified atom stereocenters. The zero-order valence-corrected chi connectivity index (χ0v) is 9.67. The summed E-state index contributed by atoms with van der Waals surface area (Å²) >= 11 is 6.91. The lowest BCUT2D eigenvalue weighted by atomic mass is 10.6. The van der Waals surface area contributed by atoms with Gasteiger partial charge in [0.05, 0.1) is 11.1 Å². The number of hydrogen-bond acceptors (Lipinski definition) is 6. The SMILES string of the molecule is CNC(=C[N+](=O)[O-])N(C)c1cnc(Cl)s1. The van der Waals surface area contributed by atoms with Crippen molar-refractivity contribution in [2.24, 2.45) is 0 Å². The maximum absolute atomic E-state index is 10.3. The van der Waals surface area contributed by atoms with E-state index < -0.39 is 4.92 Å². The van der Waals surface area contributed by atoms with Gasteiger partial charge in [-0.3, -0.25) is 10.1 Å². The largest absolute Gasteiger partial charge is 0.369 e. The van der Waals surface area contributed by atoms with Crippen LogP contribution in [-0.4, -0.2) is 24.0 Å². The zero-order chi connectivity index (χ0) is 11.4. The Bertz CT molecular complexity index is 392. The van der Waals surface area contributed by atoms with Gasteiger partial charge >= 0.3 is 0 Å². The van der Waals surface area contributed by atoms with Crippen LogP contribution >= 0.6 is 22.9 Å². The average molecular weight is 249 g/mol. The second-order valence-electron chi connectivity index (χ2n) is 2.56. The Kier molecular flexibility index (Phi) is 3.87. The fraction of sp³-hybridized carbons (Fsp3) is 0.286. The van der Waals surface area contributed by atoms with Crippen LogP contribution < -0.4 is 10.2 Å². The quantitative estimate of drug-likeness (QED) is 0.646. The molecule has 0 radical (unpaired) electrons. The third-order valence-electron chi connectivity index (χ3n) is 1.64. The van der Waals surface area contributed by atoms with Gasteiger partial charge < -0.3 is 10.2 Å². The Labute approximate surface area is 95.3 Å². The summed E-state index contributed by atoms with van der Waals surface area (Å²) in [4.78, 5) is 15.3. The highest BCUT2D eigenvalue weighted by Crippen LogP contribution is 2.27.